The second kappa shape index (κ2) is 3.47. The van der Waals surface area contributed by atoms with Crippen LogP contribution in [0.15, 0.2) is 24.3 Å². The van der Waals surface area contributed by atoms with Crippen molar-refractivity contribution in [3.63, 3.8) is 0 Å². The van der Waals surface area contributed by atoms with E-state index in [9.17, 15) is 10.2 Å². The third-order valence-corrected chi connectivity index (χ3v) is 4.20. The molecule has 3 nitrogen and oxygen atoms in total. The number of hydrogen-bond donors (Lipinski definition) is 3. The first-order valence-corrected chi connectivity index (χ1v) is 5.94. The number of nitrogens with one attached hydrogen (secondary N) is 1. The predicted molar refractivity (Wildman–Crippen MR) is 61.1 cm³/mol. The molecule has 2 bridgehead atoms. The molecule has 1 aromatic carbocycles. The molecule has 1 aliphatic carbocycles. The lowest BCUT2D eigenvalue weighted by molar-refractivity contribution is -0.0577. The van der Waals surface area contributed by atoms with Gasteiger partial charge >= 0.3 is 0 Å². The zero-order valence-electron chi connectivity index (χ0n) is 9.19. The van der Waals surface area contributed by atoms with Gasteiger partial charge in [0.15, 0.2) is 0 Å². The molecule has 0 aromatic heterocycles. The highest BCUT2D eigenvalue weighted by Crippen LogP contribution is 2.49. The van der Waals surface area contributed by atoms with E-state index >= 15 is 0 Å². The molecule has 1 aliphatic heterocycles. The zero-order valence-corrected chi connectivity index (χ0v) is 9.19. The summed E-state index contributed by atoms with van der Waals surface area (Å²) in [6.45, 7) is 1.76. The van der Waals surface area contributed by atoms with Crippen LogP contribution in [0, 0.1) is 11.8 Å². The van der Waals surface area contributed by atoms with Gasteiger partial charge < -0.3 is 15.5 Å². The Morgan fingerprint density at radius 1 is 1.19 bits per heavy atom. The summed E-state index contributed by atoms with van der Waals surface area (Å²) in [6, 6.07) is 7.09. The summed E-state index contributed by atoms with van der Waals surface area (Å²) in [5.74, 6) is 0.810. The Morgan fingerprint density at radius 2 is 1.88 bits per heavy atom. The van der Waals surface area contributed by atoms with Crippen LogP contribution in [0.5, 0.6) is 5.75 Å². The Bertz CT molecular complexity index is 389. The first kappa shape index (κ1) is 10.1. The lowest BCUT2D eigenvalue weighted by Gasteiger charge is -2.40. The van der Waals surface area contributed by atoms with Crippen LogP contribution in [0.1, 0.15) is 18.4 Å². The van der Waals surface area contributed by atoms with Crippen molar-refractivity contribution in [2.24, 2.45) is 11.8 Å². The molecule has 16 heavy (non-hydrogen) atoms. The van der Waals surface area contributed by atoms with Crippen LogP contribution in [-0.4, -0.2) is 23.3 Å². The first-order chi connectivity index (χ1) is 7.71. The lowest BCUT2D eigenvalue weighted by atomic mass is 9.76. The van der Waals surface area contributed by atoms with E-state index in [1.54, 1.807) is 12.1 Å². The minimum Gasteiger partial charge on any atom is -0.508 e. The van der Waals surface area contributed by atoms with Crippen LogP contribution in [0.4, 0.5) is 0 Å². The van der Waals surface area contributed by atoms with Gasteiger partial charge in [0.05, 0.1) is 5.60 Å². The van der Waals surface area contributed by atoms with Crippen LogP contribution >= 0.6 is 0 Å². The summed E-state index contributed by atoms with van der Waals surface area (Å²) in [7, 11) is 0. The van der Waals surface area contributed by atoms with Crippen LogP contribution in [0.2, 0.25) is 0 Å². The predicted octanol–water partition coefficient (Wildman–Crippen LogP) is 1.21. The van der Waals surface area contributed by atoms with Gasteiger partial charge in [-0.05, 0) is 30.5 Å². The van der Waals surface area contributed by atoms with Crippen LogP contribution in [-0.2, 0) is 5.60 Å². The molecule has 86 valence electrons. The third kappa shape index (κ3) is 1.28. The molecule has 1 saturated heterocycles. The average molecular weight is 219 g/mol. The molecule has 0 amide bonds. The van der Waals surface area contributed by atoms with Crippen molar-refractivity contribution in [1.82, 2.24) is 5.32 Å². The topological polar surface area (TPSA) is 52.5 Å². The van der Waals surface area contributed by atoms with Crippen molar-refractivity contribution in [2.75, 3.05) is 13.1 Å². The summed E-state index contributed by atoms with van der Waals surface area (Å²) in [4.78, 5) is 0. The van der Waals surface area contributed by atoms with E-state index in [-0.39, 0.29) is 17.6 Å². The zero-order chi connectivity index (χ0) is 11.2. The smallest absolute Gasteiger partial charge is 0.115 e. The molecule has 2 aliphatic rings. The third-order valence-electron chi connectivity index (χ3n) is 4.20. The van der Waals surface area contributed by atoms with Crippen LogP contribution in [0.25, 0.3) is 0 Å². The fourth-order valence-electron chi connectivity index (χ4n) is 3.35. The van der Waals surface area contributed by atoms with Gasteiger partial charge in [-0.25, -0.2) is 0 Å². The number of aromatic hydroxyl groups is 1. The maximum atomic E-state index is 10.9. The summed E-state index contributed by atoms with van der Waals surface area (Å²) < 4.78 is 0. The molecule has 2 unspecified atom stereocenters. The average Bonchev–Trinajstić information content (AvgIpc) is 2.50. The Kier molecular flexibility index (Phi) is 2.19. The summed E-state index contributed by atoms with van der Waals surface area (Å²) in [5, 5.41) is 23.8. The van der Waals surface area contributed by atoms with E-state index in [1.165, 1.54) is 0 Å². The van der Waals surface area contributed by atoms with Gasteiger partial charge in [0.1, 0.15) is 5.75 Å². The Morgan fingerprint density at radius 3 is 2.50 bits per heavy atom. The molecule has 1 aromatic rings. The number of phenols is 1. The molecule has 3 N–H and O–H groups in total. The number of phenolic OH excluding ortho intramolecular Hbond substituents is 1. The van der Waals surface area contributed by atoms with Gasteiger partial charge in [-0.1, -0.05) is 12.1 Å². The van der Waals surface area contributed by atoms with E-state index < -0.39 is 5.60 Å². The van der Waals surface area contributed by atoms with Crippen molar-refractivity contribution in [3.05, 3.63) is 29.8 Å². The standard InChI is InChI=1S/C13H17NO2/c15-12-3-1-2-9(6-12)13(16)10-4-5-11(13)8-14-7-10/h1-3,6,10-11,14-16H,4-5,7-8H2. The van der Waals surface area contributed by atoms with Crippen molar-refractivity contribution in [1.29, 1.82) is 0 Å². The maximum Gasteiger partial charge on any atom is 0.115 e. The second-order valence-corrected chi connectivity index (χ2v) is 5.01. The Balaban J connectivity index is 2.04. The Hall–Kier alpha value is -1.06. The molecule has 3 rings (SSSR count). The molecule has 2 atom stereocenters. The highest BCUT2D eigenvalue weighted by Gasteiger charge is 2.51. The molecule has 0 radical (unpaired) electrons. The number of rotatable bonds is 1. The minimum atomic E-state index is -0.732. The van der Waals surface area contributed by atoms with Crippen LogP contribution in [0.3, 0.4) is 0 Å². The van der Waals surface area contributed by atoms with Gasteiger partial charge in [-0.3, -0.25) is 0 Å². The molecule has 1 saturated carbocycles. The van der Waals surface area contributed by atoms with E-state index in [4.69, 9.17) is 0 Å². The number of piperidine rings is 1. The Labute approximate surface area is 95.1 Å². The highest BCUT2D eigenvalue weighted by molar-refractivity contribution is 5.34. The van der Waals surface area contributed by atoms with Gasteiger partial charge in [0.2, 0.25) is 0 Å². The quantitative estimate of drug-likeness (QED) is 0.665. The summed E-state index contributed by atoms with van der Waals surface area (Å²) in [5.41, 5.74) is 0.144. The maximum absolute atomic E-state index is 10.9. The summed E-state index contributed by atoms with van der Waals surface area (Å²) in [6.07, 6.45) is 2.15. The molecular weight excluding hydrogens is 202 g/mol. The molecule has 0 spiro atoms. The summed E-state index contributed by atoms with van der Waals surface area (Å²) >= 11 is 0. The molecular formula is C13H17NO2. The SMILES string of the molecule is Oc1cccc(C2(O)C3CCC2CNC3)c1. The van der Waals surface area contributed by atoms with Gasteiger partial charge in [-0.15, -0.1) is 0 Å². The van der Waals surface area contributed by atoms with Gasteiger partial charge in [0.25, 0.3) is 0 Å². The normalized spacial score (nSPS) is 37.6. The number of fused-ring (bicyclic) bond motifs is 2. The second-order valence-electron chi connectivity index (χ2n) is 5.01. The van der Waals surface area contributed by atoms with Gasteiger partial charge in [-0.2, -0.15) is 0 Å². The number of benzene rings is 1. The van der Waals surface area contributed by atoms with E-state index in [0.29, 0.717) is 0 Å². The minimum absolute atomic E-state index is 0.240. The largest absolute Gasteiger partial charge is 0.508 e. The van der Waals surface area contributed by atoms with Crippen LogP contribution < -0.4 is 5.32 Å². The number of hydrogen-bond acceptors (Lipinski definition) is 3. The van der Waals surface area contributed by atoms with Crippen molar-refractivity contribution in [3.8, 4) is 5.75 Å². The lowest BCUT2D eigenvalue weighted by Crippen LogP contribution is -2.49. The van der Waals surface area contributed by atoms with Crippen molar-refractivity contribution in [2.45, 2.75) is 18.4 Å². The fraction of sp³-hybridized carbons (Fsp3) is 0.538. The van der Waals surface area contributed by atoms with Gasteiger partial charge in [0, 0.05) is 24.9 Å². The van der Waals surface area contributed by atoms with E-state index in [2.05, 4.69) is 5.32 Å². The number of aliphatic hydroxyl groups is 1. The van der Waals surface area contributed by atoms with Crippen molar-refractivity contribution >= 4 is 0 Å². The monoisotopic (exact) mass is 219 g/mol. The van der Waals surface area contributed by atoms with Crippen molar-refractivity contribution < 1.29 is 10.2 Å². The molecule has 3 heteroatoms. The molecule has 1 heterocycles. The molecule has 2 fully saturated rings. The van der Waals surface area contributed by atoms with E-state index in [1.807, 2.05) is 12.1 Å². The fourth-order valence-corrected chi connectivity index (χ4v) is 3.35. The van der Waals surface area contributed by atoms with E-state index in [0.717, 1.165) is 31.5 Å². The first-order valence-electron chi connectivity index (χ1n) is 5.94. The highest BCUT2D eigenvalue weighted by atomic mass is 16.3.